The molecule has 2 bridgehead atoms. The summed E-state index contributed by atoms with van der Waals surface area (Å²) in [6.07, 6.45) is 8.45. The van der Waals surface area contributed by atoms with Crippen LogP contribution in [0.5, 0.6) is 0 Å². The van der Waals surface area contributed by atoms with Crippen molar-refractivity contribution < 1.29 is 97.5 Å². The van der Waals surface area contributed by atoms with Crippen LogP contribution in [0.4, 0.5) is 0 Å². The van der Waals surface area contributed by atoms with Crippen LogP contribution >= 0.6 is 0 Å². The van der Waals surface area contributed by atoms with Gasteiger partial charge in [-0.15, -0.1) is 0 Å². The molecule has 0 spiro atoms. The minimum absolute atomic E-state index is 0. The Morgan fingerprint density at radius 2 is 1.89 bits per heavy atom. The Balaban J connectivity index is 0.00000241. The molecule has 4 rings (SSSR count). The van der Waals surface area contributed by atoms with E-state index in [9.17, 15) is 24.3 Å². The quantitative estimate of drug-likeness (QED) is 0.152. The first-order valence-electron chi connectivity index (χ1n) is 12.3. The third-order valence-corrected chi connectivity index (χ3v) is 8.21. The SMILES string of the molecule is CC(=O)O[C@]12CCC(C(=O)O)=CC[C@]13CC[C@H]2[C@@](C)(/C=C/C=C(\C)C(=O)N1CCNCC1)OC3=O.[Cl-].[K+]. The summed E-state index contributed by atoms with van der Waals surface area (Å²) < 4.78 is 12.0. The van der Waals surface area contributed by atoms with Gasteiger partial charge >= 0.3 is 69.3 Å². The number of carboxylic acids is 1. The number of esters is 2. The van der Waals surface area contributed by atoms with Crippen molar-refractivity contribution in [1.29, 1.82) is 0 Å². The van der Waals surface area contributed by atoms with Crippen molar-refractivity contribution >= 4 is 23.8 Å². The smallest absolute Gasteiger partial charge is 1.00 e. The molecule has 0 aromatic heterocycles. The summed E-state index contributed by atoms with van der Waals surface area (Å²) >= 11 is 0. The Bertz CT molecular complexity index is 1040. The first kappa shape index (κ1) is 32.2. The van der Waals surface area contributed by atoms with E-state index >= 15 is 0 Å². The van der Waals surface area contributed by atoms with Gasteiger partial charge in [-0.05, 0) is 52.0 Å². The standard InChI is InChI=1S/C26H34N2O7.ClH.K/c1-17(21(30)28-15-13-27-14-16-28)5-4-9-24(3)20-8-11-25(23(33)35-24)10-6-19(22(31)32)7-12-26(20,25)34-18(2)29;;/h4-6,9,20,27H,7-8,10-16H2,1-3H3,(H,31,32);1H;/q;;+1/p-1/b9-4+,17-5+;;/t20-,24+,25+,26-;;/m0../s1. The molecule has 0 unspecified atom stereocenters. The maximum absolute atomic E-state index is 13.5. The van der Waals surface area contributed by atoms with Crippen LogP contribution in [0.1, 0.15) is 52.9 Å². The fraction of sp³-hybridized carbons (Fsp3) is 0.615. The molecule has 9 nitrogen and oxygen atoms in total. The number of nitrogens with one attached hydrogen (secondary N) is 1. The minimum atomic E-state index is -1.16. The van der Waals surface area contributed by atoms with Gasteiger partial charge in [-0.3, -0.25) is 14.4 Å². The van der Waals surface area contributed by atoms with Crippen LogP contribution in [0.15, 0.2) is 35.5 Å². The van der Waals surface area contributed by atoms with E-state index < -0.39 is 34.5 Å². The summed E-state index contributed by atoms with van der Waals surface area (Å²) in [4.78, 5) is 52.0. The van der Waals surface area contributed by atoms with Crippen molar-refractivity contribution in [2.45, 2.75) is 64.1 Å². The summed E-state index contributed by atoms with van der Waals surface area (Å²) in [6.45, 7) is 7.72. The van der Waals surface area contributed by atoms with Gasteiger partial charge in [-0.25, -0.2) is 4.79 Å². The van der Waals surface area contributed by atoms with Gasteiger partial charge in [0, 0.05) is 50.2 Å². The van der Waals surface area contributed by atoms with E-state index in [1.165, 1.54) is 6.92 Å². The zero-order valence-electron chi connectivity index (χ0n) is 22.0. The molecule has 2 aliphatic heterocycles. The molecule has 0 aromatic carbocycles. The molecule has 2 heterocycles. The molecule has 0 aromatic rings. The number of carbonyl (C=O) groups excluding carboxylic acids is 3. The predicted molar refractivity (Wildman–Crippen MR) is 126 cm³/mol. The van der Waals surface area contributed by atoms with E-state index in [2.05, 4.69) is 5.32 Å². The number of halogens is 1. The number of hydrogen-bond donors (Lipinski definition) is 2. The Morgan fingerprint density at radius 3 is 2.51 bits per heavy atom. The number of cyclic esters (lactones) is 1. The molecule has 4 aliphatic rings. The number of ether oxygens (including phenoxy) is 2. The zero-order valence-corrected chi connectivity index (χ0v) is 25.9. The molecule has 4 atom stereocenters. The van der Waals surface area contributed by atoms with E-state index in [1.54, 1.807) is 43.1 Å². The first-order valence-corrected chi connectivity index (χ1v) is 12.3. The van der Waals surface area contributed by atoms with Gasteiger partial charge in [-0.1, -0.05) is 18.2 Å². The van der Waals surface area contributed by atoms with Gasteiger partial charge < -0.3 is 37.2 Å². The number of amides is 1. The summed E-state index contributed by atoms with van der Waals surface area (Å²) in [6, 6.07) is 0. The van der Waals surface area contributed by atoms with Gasteiger partial charge in [0.15, 0.2) is 0 Å². The maximum Gasteiger partial charge on any atom is 1.00 e. The number of hydrogen-bond acceptors (Lipinski definition) is 7. The maximum atomic E-state index is 13.5. The number of rotatable bonds is 5. The van der Waals surface area contributed by atoms with Crippen molar-refractivity contribution in [3.05, 3.63) is 35.5 Å². The van der Waals surface area contributed by atoms with E-state index in [4.69, 9.17) is 9.47 Å². The second-order valence-corrected chi connectivity index (χ2v) is 10.2. The number of aliphatic carboxylic acids is 1. The van der Waals surface area contributed by atoms with E-state index in [-0.39, 0.29) is 100 Å². The van der Waals surface area contributed by atoms with Crippen molar-refractivity contribution in [3.63, 3.8) is 0 Å². The summed E-state index contributed by atoms with van der Waals surface area (Å²) in [5.41, 5.74) is -2.53. The van der Waals surface area contributed by atoms with Crippen LogP contribution in [0.3, 0.4) is 0 Å². The second kappa shape index (κ2) is 12.4. The monoisotopic (exact) mass is 560 g/mol. The fourth-order valence-corrected chi connectivity index (χ4v) is 6.45. The molecule has 0 radical (unpaired) electrons. The number of nitrogens with zero attached hydrogens (tertiary/aromatic N) is 1. The van der Waals surface area contributed by atoms with Crippen molar-refractivity contribution in [2.75, 3.05) is 26.2 Å². The van der Waals surface area contributed by atoms with Gasteiger partial charge in [0.05, 0.1) is 0 Å². The van der Waals surface area contributed by atoms with Crippen molar-refractivity contribution in [1.82, 2.24) is 10.2 Å². The van der Waals surface area contributed by atoms with E-state index in [0.717, 1.165) is 13.1 Å². The average molecular weight is 561 g/mol. The first-order chi connectivity index (χ1) is 16.5. The van der Waals surface area contributed by atoms with Gasteiger partial charge in [0.1, 0.15) is 16.6 Å². The van der Waals surface area contributed by atoms with Crippen LogP contribution in [0, 0.1) is 11.3 Å². The van der Waals surface area contributed by atoms with Crippen LogP contribution in [0.25, 0.3) is 0 Å². The molecule has 1 amide bonds. The number of carbonyl (C=O) groups is 4. The van der Waals surface area contributed by atoms with Crippen LogP contribution < -0.4 is 69.1 Å². The van der Waals surface area contributed by atoms with Crippen LogP contribution in [0.2, 0.25) is 0 Å². The Morgan fingerprint density at radius 1 is 1.22 bits per heavy atom. The number of carboxylic acid groups (broad SMARTS) is 1. The fourth-order valence-electron chi connectivity index (χ4n) is 6.45. The zero-order chi connectivity index (χ0) is 25.4. The van der Waals surface area contributed by atoms with Crippen LogP contribution in [-0.4, -0.2) is 71.2 Å². The Labute approximate surface area is 266 Å². The molecule has 3 fully saturated rings. The third-order valence-electron chi connectivity index (χ3n) is 8.21. The van der Waals surface area contributed by atoms with Crippen molar-refractivity contribution in [3.8, 4) is 0 Å². The molecule has 2 aliphatic carbocycles. The van der Waals surface area contributed by atoms with Gasteiger partial charge in [0.2, 0.25) is 5.91 Å². The molecule has 11 heteroatoms. The summed E-state index contributed by atoms with van der Waals surface area (Å²) in [5.74, 6) is -2.38. The largest absolute Gasteiger partial charge is 1.00 e. The third kappa shape index (κ3) is 5.80. The summed E-state index contributed by atoms with van der Waals surface area (Å²) in [5, 5.41) is 12.8. The molecular formula is C26H34ClKN2O7. The molecule has 2 N–H and O–H groups in total. The predicted octanol–water partition coefficient (Wildman–Crippen LogP) is -3.86. The summed E-state index contributed by atoms with van der Waals surface area (Å²) in [7, 11) is 0. The molecule has 37 heavy (non-hydrogen) atoms. The normalized spacial score (nSPS) is 33.2. The van der Waals surface area contributed by atoms with Crippen LogP contribution in [-0.2, 0) is 28.7 Å². The Hall–Kier alpha value is -1.01. The van der Waals surface area contributed by atoms with E-state index in [0.29, 0.717) is 31.5 Å². The average Bonchev–Trinajstić information content (AvgIpc) is 2.95. The van der Waals surface area contributed by atoms with Gasteiger partial charge in [-0.2, -0.15) is 0 Å². The van der Waals surface area contributed by atoms with Gasteiger partial charge in [0.25, 0.3) is 0 Å². The molecule has 1 saturated carbocycles. The second-order valence-electron chi connectivity index (χ2n) is 10.2. The topological polar surface area (TPSA) is 122 Å². The number of piperazine rings is 1. The molecule has 2 saturated heterocycles. The molecular weight excluding hydrogens is 527 g/mol. The van der Waals surface area contributed by atoms with Crippen molar-refractivity contribution in [2.24, 2.45) is 11.3 Å². The Kier molecular flexibility index (Phi) is 10.8. The molecule has 198 valence electrons. The van der Waals surface area contributed by atoms with E-state index in [1.807, 2.05) is 0 Å². The minimum Gasteiger partial charge on any atom is -1.00 e. The number of allylic oxidation sites excluding steroid dienone is 3.